The summed E-state index contributed by atoms with van der Waals surface area (Å²) in [6.07, 6.45) is 1.75. The van der Waals surface area contributed by atoms with Crippen molar-refractivity contribution in [3.8, 4) is 5.75 Å². The minimum Gasteiger partial charge on any atom is -0.497 e. The van der Waals surface area contributed by atoms with Gasteiger partial charge in [-0.25, -0.2) is 13.8 Å². The third kappa shape index (κ3) is 3.77. The molecule has 0 atom stereocenters. The number of methoxy groups -OCH3 is 1. The van der Waals surface area contributed by atoms with Crippen molar-refractivity contribution < 1.29 is 18.3 Å². The molecule has 134 valence electrons. The Labute approximate surface area is 154 Å². The molecule has 1 amide bonds. The number of aliphatic imine (C=N–C) groups is 1. The number of rotatable bonds is 4. The predicted octanol–water partition coefficient (Wildman–Crippen LogP) is 4.60. The Morgan fingerprint density at radius 2 is 1.92 bits per heavy atom. The van der Waals surface area contributed by atoms with E-state index < -0.39 is 11.6 Å². The van der Waals surface area contributed by atoms with E-state index in [9.17, 15) is 13.6 Å². The van der Waals surface area contributed by atoms with Crippen LogP contribution in [0.1, 0.15) is 12.5 Å². The van der Waals surface area contributed by atoms with Crippen LogP contribution in [0.5, 0.6) is 5.75 Å². The van der Waals surface area contributed by atoms with Crippen molar-refractivity contribution in [1.29, 1.82) is 0 Å². The van der Waals surface area contributed by atoms with Gasteiger partial charge >= 0.3 is 0 Å². The van der Waals surface area contributed by atoms with Crippen LogP contribution in [0.25, 0.3) is 6.08 Å². The highest BCUT2D eigenvalue weighted by Gasteiger charge is 2.32. The average molecular weight is 374 g/mol. The zero-order valence-corrected chi connectivity index (χ0v) is 15.0. The van der Waals surface area contributed by atoms with Gasteiger partial charge in [0, 0.05) is 12.6 Å². The molecule has 0 radical (unpaired) electrons. The minimum absolute atomic E-state index is 0.00847. The van der Waals surface area contributed by atoms with Crippen LogP contribution >= 0.6 is 11.8 Å². The number of hydrogen-bond donors (Lipinski definition) is 0. The molecule has 0 aliphatic carbocycles. The van der Waals surface area contributed by atoms with Gasteiger partial charge in [0.2, 0.25) is 0 Å². The number of ether oxygens (including phenoxy) is 1. The van der Waals surface area contributed by atoms with Crippen LogP contribution in [-0.2, 0) is 4.79 Å². The quantitative estimate of drug-likeness (QED) is 0.735. The Kier molecular flexibility index (Phi) is 5.37. The Morgan fingerprint density at radius 3 is 2.54 bits per heavy atom. The molecule has 0 spiro atoms. The van der Waals surface area contributed by atoms with Crippen LogP contribution in [0.4, 0.5) is 14.5 Å². The van der Waals surface area contributed by atoms with E-state index in [1.54, 1.807) is 25.3 Å². The van der Waals surface area contributed by atoms with Crippen LogP contribution in [0.3, 0.4) is 0 Å². The third-order valence-corrected chi connectivity index (χ3v) is 4.75. The van der Waals surface area contributed by atoms with E-state index in [1.807, 2.05) is 19.1 Å². The summed E-state index contributed by atoms with van der Waals surface area (Å²) in [6.45, 7) is 2.21. The fourth-order valence-electron chi connectivity index (χ4n) is 2.40. The fourth-order valence-corrected chi connectivity index (χ4v) is 3.45. The number of carbonyl (C=O) groups excluding carboxylic acids is 1. The average Bonchev–Trinajstić information content (AvgIpc) is 2.92. The SMILES string of the molecule is CCN1C(=O)/C(=C\c2ccc(OC)cc2)SC1=Nc1ccc(F)cc1F. The van der Waals surface area contributed by atoms with Gasteiger partial charge in [0.25, 0.3) is 5.91 Å². The van der Waals surface area contributed by atoms with Crippen molar-refractivity contribution >= 4 is 34.6 Å². The predicted molar refractivity (Wildman–Crippen MR) is 99.4 cm³/mol. The third-order valence-electron chi connectivity index (χ3n) is 3.74. The second-order valence-electron chi connectivity index (χ2n) is 5.42. The summed E-state index contributed by atoms with van der Waals surface area (Å²) in [5.41, 5.74) is 0.831. The maximum absolute atomic E-state index is 13.9. The Morgan fingerprint density at radius 1 is 1.19 bits per heavy atom. The number of benzene rings is 2. The molecule has 1 saturated heterocycles. The van der Waals surface area contributed by atoms with Crippen LogP contribution in [0, 0.1) is 11.6 Å². The maximum atomic E-state index is 13.9. The normalized spacial score (nSPS) is 17.4. The van der Waals surface area contributed by atoms with Gasteiger partial charge < -0.3 is 4.74 Å². The molecule has 1 fully saturated rings. The topological polar surface area (TPSA) is 41.9 Å². The minimum atomic E-state index is -0.769. The van der Waals surface area contributed by atoms with Crippen LogP contribution in [-0.4, -0.2) is 29.6 Å². The number of likely N-dealkylation sites (N-methyl/N-ethyl adjacent to an activating group) is 1. The summed E-state index contributed by atoms with van der Waals surface area (Å²) >= 11 is 1.16. The molecule has 0 bridgehead atoms. The van der Waals surface area contributed by atoms with E-state index in [2.05, 4.69) is 4.99 Å². The molecule has 2 aromatic rings. The highest BCUT2D eigenvalue weighted by Crippen LogP contribution is 2.34. The molecule has 4 nitrogen and oxygen atoms in total. The van der Waals surface area contributed by atoms with E-state index in [4.69, 9.17) is 4.74 Å². The van der Waals surface area contributed by atoms with Gasteiger partial charge in [-0.3, -0.25) is 9.69 Å². The van der Waals surface area contributed by atoms with E-state index in [1.165, 1.54) is 11.0 Å². The van der Waals surface area contributed by atoms with Crippen molar-refractivity contribution in [3.63, 3.8) is 0 Å². The number of amidine groups is 1. The van der Waals surface area contributed by atoms with Crippen LogP contribution in [0.2, 0.25) is 0 Å². The number of thioether (sulfide) groups is 1. The molecule has 7 heteroatoms. The summed E-state index contributed by atoms with van der Waals surface area (Å²) < 4.78 is 32.0. The van der Waals surface area contributed by atoms with Crippen molar-refractivity contribution in [3.05, 3.63) is 64.6 Å². The van der Waals surface area contributed by atoms with Gasteiger partial charge in [0.1, 0.15) is 17.3 Å². The van der Waals surface area contributed by atoms with Gasteiger partial charge in [0.15, 0.2) is 11.0 Å². The molecule has 1 heterocycles. The van der Waals surface area contributed by atoms with Gasteiger partial charge in [-0.2, -0.15) is 0 Å². The van der Waals surface area contributed by atoms with Crippen molar-refractivity contribution in [2.45, 2.75) is 6.92 Å². The second-order valence-corrected chi connectivity index (χ2v) is 6.43. The molecule has 1 aliphatic rings. The largest absolute Gasteiger partial charge is 0.497 e. The first kappa shape index (κ1) is 18.1. The first-order valence-electron chi connectivity index (χ1n) is 7.91. The lowest BCUT2D eigenvalue weighted by molar-refractivity contribution is -0.122. The molecular formula is C19H16F2N2O2S. The highest BCUT2D eigenvalue weighted by molar-refractivity contribution is 8.18. The molecular weight excluding hydrogens is 358 g/mol. The fraction of sp³-hybridized carbons (Fsp3) is 0.158. The molecule has 0 saturated carbocycles. The Balaban J connectivity index is 1.92. The lowest BCUT2D eigenvalue weighted by Gasteiger charge is -2.12. The first-order chi connectivity index (χ1) is 12.5. The smallest absolute Gasteiger partial charge is 0.266 e. The van der Waals surface area contributed by atoms with Gasteiger partial charge in [0.05, 0.1) is 12.0 Å². The summed E-state index contributed by atoms with van der Waals surface area (Å²) in [4.78, 5) is 18.7. The van der Waals surface area contributed by atoms with Crippen LogP contribution < -0.4 is 4.74 Å². The van der Waals surface area contributed by atoms with Gasteiger partial charge in [-0.15, -0.1) is 0 Å². The number of halogens is 2. The lowest BCUT2D eigenvalue weighted by atomic mass is 10.2. The van der Waals surface area contributed by atoms with Gasteiger partial charge in [-0.1, -0.05) is 12.1 Å². The Bertz CT molecular complexity index is 895. The zero-order valence-electron chi connectivity index (χ0n) is 14.2. The number of nitrogens with zero attached hydrogens (tertiary/aromatic N) is 2. The first-order valence-corrected chi connectivity index (χ1v) is 8.72. The molecule has 3 rings (SSSR count). The van der Waals surface area contributed by atoms with Crippen molar-refractivity contribution in [2.24, 2.45) is 4.99 Å². The number of carbonyl (C=O) groups is 1. The molecule has 2 aromatic carbocycles. The van der Waals surface area contributed by atoms with E-state index >= 15 is 0 Å². The monoisotopic (exact) mass is 374 g/mol. The zero-order chi connectivity index (χ0) is 18.7. The summed E-state index contributed by atoms with van der Waals surface area (Å²) in [7, 11) is 1.58. The van der Waals surface area contributed by atoms with E-state index in [0.717, 1.165) is 35.2 Å². The van der Waals surface area contributed by atoms with Crippen LogP contribution in [0.15, 0.2) is 52.4 Å². The van der Waals surface area contributed by atoms with E-state index in [-0.39, 0.29) is 11.6 Å². The maximum Gasteiger partial charge on any atom is 0.266 e. The number of amides is 1. The molecule has 1 aliphatic heterocycles. The van der Waals surface area contributed by atoms with Gasteiger partial charge in [-0.05, 0) is 54.6 Å². The summed E-state index contributed by atoms with van der Waals surface area (Å²) in [6, 6.07) is 10.4. The summed E-state index contributed by atoms with van der Waals surface area (Å²) in [5.74, 6) is -0.917. The molecule has 0 aromatic heterocycles. The standard InChI is InChI=1S/C19H16F2N2O2S/c1-3-23-18(24)17(10-12-4-7-14(25-2)8-5-12)26-19(23)22-16-9-6-13(20)11-15(16)21/h4-11H,3H2,1-2H3/b17-10+,22-19?. The Hall–Kier alpha value is -2.67. The number of hydrogen-bond acceptors (Lipinski definition) is 4. The highest BCUT2D eigenvalue weighted by atomic mass is 32.2. The molecule has 26 heavy (non-hydrogen) atoms. The molecule has 0 N–H and O–H groups in total. The lowest BCUT2D eigenvalue weighted by Crippen LogP contribution is -2.28. The van der Waals surface area contributed by atoms with E-state index in [0.29, 0.717) is 16.6 Å². The van der Waals surface area contributed by atoms with Crippen molar-refractivity contribution in [2.75, 3.05) is 13.7 Å². The molecule has 0 unspecified atom stereocenters. The van der Waals surface area contributed by atoms with Crippen molar-refractivity contribution in [1.82, 2.24) is 4.90 Å². The summed E-state index contributed by atoms with van der Waals surface area (Å²) in [5, 5.41) is 0.364. The second kappa shape index (κ2) is 7.70.